The Morgan fingerprint density at radius 2 is 1.50 bits per heavy atom. The Hall–Kier alpha value is -3.08. The van der Waals surface area contributed by atoms with Gasteiger partial charge in [-0.15, -0.1) is 0 Å². The molecule has 1 N–H and O–H groups in total. The zero-order valence-corrected chi connectivity index (χ0v) is 18.7. The molecule has 0 saturated carbocycles. The van der Waals surface area contributed by atoms with E-state index in [0.717, 1.165) is 22.0 Å². The molecular formula is C28H24BO3. The zero-order chi connectivity index (χ0) is 22.3. The molecule has 32 heavy (non-hydrogen) atoms. The Morgan fingerprint density at radius 3 is 2.31 bits per heavy atom. The summed E-state index contributed by atoms with van der Waals surface area (Å²) in [6, 6.07) is 23.3. The maximum atomic E-state index is 10.4. The molecule has 0 atom stereocenters. The third-order valence-electron chi connectivity index (χ3n) is 7.09. The van der Waals surface area contributed by atoms with Crippen LogP contribution in [0.2, 0.25) is 0 Å². The topological polar surface area (TPSA) is 42.6 Å². The summed E-state index contributed by atoms with van der Waals surface area (Å²) in [6.45, 7) is 7.32. The van der Waals surface area contributed by atoms with Crippen molar-refractivity contribution in [2.24, 2.45) is 0 Å². The monoisotopic (exact) mass is 419 g/mol. The molecule has 0 fully saturated rings. The number of aliphatic hydroxyl groups is 1. The summed E-state index contributed by atoms with van der Waals surface area (Å²) in [7, 11) is 1.75. The van der Waals surface area contributed by atoms with E-state index in [4.69, 9.17) is 9.07 Å². The molecule has 1 aromatic heterocycles. The first-order valence-electron chi connectivity index (χ1n) is 11.0. The summed E-state index contributed by atoms with van der Waals surface area (Å²) in [6.07, 6.45) is 0. The fourth-order valence-electron chi connectivity index (χ4n) is 4.59. The Labute approximate surface area is 187 Å². The van der Waals surface area contributed by atoms with Crippen molar-refractivity contribution < 1.29 is 14.2 Å². The van der Waals surface area contributed by atoms with Gasteiger partial charge in [-0.2, -0.15) is 0 Å². The molecule has 157 valence electrons. The highest BCUT2D eigenvalue weighted by Crippen LogP contribution is 2.50. The second kappa shape index (κ2) is 6.47. The molecule has 0 aliphatic heterocycles. The summed E-state index contributed by atoms with van der Waals surface area (Å²) >= 11 is 0. The van der Waals surface area contributed by atoms with Crippen LogP contribution >= 0.6 is 0 Å². The molecule has 5 aromatic rings. The smallest absolute Gasteiger partial charge is 0.330 e. The van der Waals surface area contributed by atoms with Gasteiger partial charge in [-0.05, 0) is 72.9 Å². The highest BCUT2D eigenvalue weighted by molar-refractivity contribution is 6.47. The molecule has 4 aromatic carbocycles. The van der Waals surface area contributed by atoms with Crippen molar-refractivity contribution in [2.45, 2.75) is 38.9 Å². The lowest BCUT2D eigenvalue weighted by atomic mass is 9.81. The summed E-state index contributed by atoms with van der Waals surface area (Å²) < 4.78 is 12.2. The maximum absolute atomic E-state index is 10.4. The molecule has 1 aliphatic carbocycles. The predicted octanol–water partition coefficient (Wildman–Crippen LogP) is 6.20. The minimum absolute atomic E-state index is 0.713. The van der Waals surface area contributed by atoms with Gasteiger partial charge in [-0.3, -0.25) is 0 Å². The summed E-state index contributed by atoms with van der Waals surface area (Å²) in [5.41, 5.74) is 5.96. The highest BCUT2D eigenvalue weighted by atomic mass is 16.5. The van der Waals surface area contributed by atoms with E-state index in [0.29, 0.717) is 0 Å². The SMILES string of the molecule is CC(C)(O)C(C)(C)O[B]c1ccc2c(c1)-c1cc3oc4ccccc4c3c3cccc-2c13. The standard InChI is InChI=1S/C28H24BO3/c1-27(2,30)28(3,4)32-29-16-12-13-17-18-9-7-10-20-25(18)22(21(17)14-16)15-24-26(20)19-8-5-6-11-23(19)31-24/h5-15,30H,1-4H3. The van der Waals surface area contributed by atoms with Crippen LogP contribution in [-0.4, -0.2) is 23.8 Å². The molecule has 0 spiro atoms. The van der Waals surface area contributed by atoms with E-state index in [9.17, 15) is 5.11 Å². The van der Waals surface area contributed by atoms with Crippen LogP contribution in [-0.2, 0) is 4.65 Å². The number of furan rings is 1. The van der Waals surface area contributed by atoms with Gasteiger partial charge in [0.2, 0.25) is 0 Å². The Bertz CT molecular complexity index is 1540. The third-order valence-corrected chi connectivity index (χ3v) is 7.09. The van der Waals surface area contributed by atoms with Crippen molar-refractivity contribution in [3.63, 3.8) is 0 Å². The van der Waals surface area contributed by atoms with E-state index >= 15 is 0 Å². The normalized spacial score (nSPS) is 13.3. The fourth-order valence-corrected chi connectivity index (χ4v) is 4.59. The number of hydrogen-bond acceptors (Lipinski definition) is 3. The average molecular weight is 419 g/mol. The van der Waals surface area contributed by atoms with Crippen molar-refractivity contribution in [3.05, 3.63) is 66.7 Å². The first-order chi connectivity index (χ1) is 15.2. The van der Waals surface area contributed by atoms with Crippen LogP contribution in [0.3, 0.4) is 0 Å². The molecular weight excluding hydrogens is 395 g/mol. The van der Waals surface area contributed by atoms with Gasteiger partial charge in [0.05, 0.1) is 11.2 Å². The van der Waals surface area contributed by atoms with Gasteiger partial charge in [0.25, 0.3) is 0 Å². The summed E-state index contributed by atoms with van der Waals surface area (Å²) in [5, 5.41) is 15.2. The molecule has 1 heterocycles. The minimum Gasteiger partial charge on any atom is -0.456 e. The van der Waals surface area contributed by atoms with E-state index in [-0.39, 0.29) is 0 Å². The van der Waals surface area contributed by atoms with Crippen molar-refractivity contribution >= 4 is 45.7 Å². The first-order valence-corrected chi connectivity index (χ1v) is 11.0. The molecule has 3 nitrogen and oxygen atoms in total. The van der Waals surface area contributed by atoms with Crippen LogP contribution in [0.4, 0.5) is 0 Å². The molecule has 0 unspecified atom stereocenters. The molecule has 0 saturated heterocycles. The lowest BCUT2D eigenvalue weighted by Crippen LogP contribution is -2.49. The van der Waals surface area contributed by atoms with E-state index in [1.54, 1.807) is 21.3 Å². The van der Waals surface area contributed by atoms with E-state index < -0.39 is 11.2 Å². The van der Waals surface area contributed by atoms with Gasteiger partial charge < -0.3 is 14.2 Å². The highest BCUT2D eigenvalue weighted by Gasteiger charge is 2.36. The van der Waals surface area contributed by atoms with Gasteiger partial charge in [0, 0.05) is 10.8 Å². The molecule has 0 bridgehead atoms. The summed E-state index contributed by atoms with van der Waals surface area (Å²) in [5.74, 6) is 0. The molecule has 0 amide bonds. The Balaban J connectivity index is 1.51. The number of para-hydroxylation sites is 1. The van der Waals surface area contributed by atoms with Crippen LogP contribution in [0.1, 0.15) is 27.7 Å². The number of fused-ring (bicyclic) bond motifs is 7. The van der Waals surface area contributed by atoms with E-state index in [1.807, 2.05) is 26.0 Å². The van der Waals surface area contributed by atoms with Crippen molar-refractivity contribution in [1.29, 1.82) is 0 Å². The number of benzene rings is 4. The number of rotatable bonds is 4. The lowest BCUT2D eigenvalue weighted by Gasteiger charge is -2.37. The Kier molecular flexibility index (Phi) is 3.96. The van der Waals surface area contributed by atoms with E-state index in [2.05, 4.69) is 54.6 Å². The van der Waals surface area contributed by atoms with Gasteiger partial charge in [-0.25, -0.2) is 0 Å². The van der Waals surface area contributed by atoms with Crippen LogP contribution < -0.4 is 5.46 Å². The Morgan fingerprint density at radius 1 is 0.719 bits per heavy atom. The maximum Gasteiger partial charge on any atom is 0.330 e. The van der Waals surface area contributed by atoms with Crippen LogP contribution in [0.25, 0.3) is 55.0 Å². The van der Waals surface area contributed by atoms with Gasteiger partial charge in [0.1, 0.15) is 11.2 Å². The second-order valence-electron chi connectivity index (χ2n) is 9.73. The zero-order valence-electron chi connectivity index (χ0n) is 18.7. The van der Waals surface area contributed by atoms with Gasteiger partial charge >= 0.3 is 7.48 Å². The minimum atomic E-state index is -0.963. The molecule has 6 rings (SSSR count). The van der Waals surface area contributed by atoms with Crippen molar-refractivity contribution in [1.82, 2.24) is 0 Å². The number of hydrogen-bond donors (Lipinski definition) is 1. The second-order valence-corrected chi connectivity index (χ2v) is 9.73. The van der Waals surface area contributed by atoms with Gasteiger partial charge in [0.15, 0.2) is 0 Å². The predicted molar refractivity (Wildman–Crippen MR) is 133 cm³/mol. The van der Waals surface area contributed by atoms with E-state index in [1.165, 1.54) is 38.4 Å². The first kappa shape index (κ1) is 19.6. The van der Waals surface area contributed by atoms with Crippen LogP contribution in [0.5, 0.6) is 0 Å². The quantitative estimate of drug-likeness (QED) is 0.346. The van der Waals surface area contributed by atoms with Crippen LogP contribution in [0.15, 0.2) is 71.1 Å². The largest absolute Gasteiger partial charge is 0.456 e. The molecule has 1 aliphatic rings. The molecule has 4 heteroatoms. The molecule has 1 radical (unpaired) electrons. The van der Waals surface area contributed by atoms with Crippen molar-refractivity contribution in [2.75, 3.05) is 0 Å². The van der Waals surface area contributed by atoms with Gasteiger partial charge in [-0.1, -0.05) is 60.1 Å². The fraction of sp³-hybridized carbons (Fsp3) is 0.214. The third kappa shape index (κ3) is 2.70. The van der Waals surface area contributed by atoms with Crippen molar-refractivity contribution in [3.8, 4) is 22.3 Å². The average Bonchev–Trinajstić information content (AvgIpc) is 3.29. The summed E-state index contributed by atoms with van der Waals surface area (Å²) in [4.78, 5) is 0. The lowest BCUT2D eigenvalue weighted by molar-refractivity contribution is -0.0893. The van der Waals surface area contributed by atoms with Crippen LogP contribution in [0, 0.1) is 0 Å².